The number of amides is 2. The number of quaternary nitrogens is 1. The van der Waals surface area contributed by atoms with Gasteiger partial charge in [0.05, 0.1) is 43.3 Å². The first-order valence-corrected chi connectivity index (χ1v) is 9.76. The van der Waals surface area contributed by atoms with Gasteiger partial charge in [-0.2, -0.15) is 0 Å². The van der Waals surface area contributed by atoms with Crippen molar-refractivity contribution >= 4 is 46.4 Å². The molecule has 0 bridgehead atoms. The number of imide groups is 1. The molecule has 2 saturated heterocycles. The van der Waals surface area contributed by atoms with Crippen molar-refractivity contribution in [2.45, 2.75) is 12.5 Å². The molecule has 2 aromatic carbocycles. The summed E-state index contributed by atoms with van der Waals surface area (Å²) >= 11 is 12.1. The van der Waals surface area contributed by atoms with Gasteiger partial charge in [0.15, 0.2) is 6.04 Å². The van der Waals surface area contributed by atoms with Crippen LogP contribution in [-0.2, 0) is 9.59 Å². The van der Waals surface area contributed by atoms with Gasteiger partial charge in [-0.05, 0) is 30.3 Å². The lowest BCUT2D eigenvalue weighted by Crippen LogP contribution is -3.19. The van der Waals surface area contributed by atoms with E-state index < -0.39 is 0 Å². The Kier molecular flexibility index (Phi) is 5.08. The topological polar surface area (TPSA) is 45.1 Å². The fourth-order valence-corrected chi connectivity index (χ4v) is 4.40. The molecule has 2 aliphatic heterocycles. The predicted molar refractivity (Wildman–Crippen MR) is 107 cm³/mol. The number of hydrogen-bond acceptors (Lipinski definition) is 3. The molecule has 2 aliphatic rings. The zero-order chi connectivity index (χ0) is 19.0. The average molecular weight is 405 g/mol. The molecule has 2 fully saturated rings. The monoisotopic (exact) mass is 404 g/mol. The van der Waals surface area contributed by atoms with Gasteiger partial charge in [0.1, 0.15) is 0 Å². The van der Waals surface area contributed by atoms with Gasteiger partial charge in [0.25, 0.3) is 5.91 Å². The molecule has 0 spiro atoms. The third kappa shape index (κ3) is 3.55. The van der Waals surface area contributed by atoms with Gasteiger partial charge in [-0.25, -0.2) is 4.90 Å². The molecule has 0 aromatic heterocycles. The molecule has 2 heterocycles. The zero-order valence-corrected chi connectivity index (χ0v) is 16.2. The second kappa shape index (κ2) is 7.50. The Hall–Kier alpha value is -2.08. The molecule has 7 heteroatoms. The van der Waals surface area contributed by atoms with Gasteiger partial charge < -0.3 is 9.80 Å². The molecule has 2 amide bonds. The second-order valence-electron chi connectivity index (χ2n) is 6.90. The lowest BCUT2D eigenvalue weighted by Gasteiger charge is -2.35. The molecule has 0 saturated carbocycles. The first-order chi connectivity index (χ1) is 13.0. The minimum absolute atomic E-state index is 0.174. The minimum Gasteiger partial charge on any atom is -0.360 e. The van der Waals surface area contributed by atoms with Crippen molar-refractivity contribution in [3.63, 3.8) is 0 Å². The maximum Gasteiger partial charge on any atom is 0.292 e. The van der Waals surface area contributed by atoms with Gasteiger partial charge in [-0.1, -0.05) is 41.4 Å². The Balaban J connectivity index is 1.46. The smallest absolute Gasteiger partial charge is 0.292 e. The predicted octanol–water partition coefficient (Wildman–Crippen LogP) is 2.03. The minimum atomic E-state index is -0.345. The SMILES string of the molecule is O=C1C[C@H]([NH+]2CCN(c3ccccc3)CC2)C(=O)N1c1ccc(Cl)cc1Cl. The fraction of sp³-hybridized carbons (Fsp3) is 0.300. The number of carbonyl (C=O) groups is 2. The number of benzene rings is 2. The average Bonchev–Trinajstić information content (AvgIpc) is 2.97. The van der Waals surface area contributed by atoms with Crippen molar-refractivity contribution in [2.24, 2.45) is 0 Å². The summed E-state index contributed by atoms with van der Waals surface area (Å²) in [5.41, 5.74) is 1.61. The molecule has 0 unspecified atom stereocenters. The van der Waals surface area contributed by atoms with Crippen molar-refractivity contribution in [3.05, 3.63) is 58.6 Å². The van der Waals surface area contributed by atoms with E-state index in [1.54, 1.807) is 18.2 Å². The Labute approximate surface area is 168 Å². The van der Waals surface area contributed by atoms with Gasteiger partial charge in [0.2, 0.25) is 5.91 Å². The summed E-state index contributed by atoms with van der Waals surface area (Å²) in [6.45, 7) is 3.36. The molecule has 5 nitrogen and oxygen atoms in total. The summed E-state index contributed by atoms with van der Waals surface area (Å²) in [6.07, 6.45) is 0.221. The highest BCUT2D eigenvalue weighted by Crippen LogP contribution is 2.32. The third-order valence-electron chi connectivity index (χ3n) is 5.32. The van der Waals surface area contributed by atoms with Crippen LogP contribution in [0.1, 0.15) is 6.42 Å². The summed E-state index contributed by atoms with van der Waals surface area (Å²) in [6, 6.07) is 14.7. The lowest BCUT2D eigenvalue weighted by atomic mass is 10.1. The van der Waals surface area contributed by atoms with Gasteiger partial charge in [-0.3, -0.25) is 9.59 Å². The normalized spacial score (nSPS) is 21.2. The Morgan fingerprint density at radius 1 is 0.963 bits per heavy atom. The number of para-hydroxylation sites is 1. The van der Waals surface area contributed by atoms with Crippen LogP contribution in [0.4, 0.5) is 11.4 Å². The van der Waals surface area contributed by atoms with Crippen LogP contribution in [0.3, 0.4) is 0 Å². The van der Waals surface area contributed by atoms with Crippen molar-refractivity contribution in [2.75, 3.05) is 36.0 Å². The number of nitrogens with zero attached hydrogens (tertiary/aromatic N) is 2. The van der Waals surface area contributed by atoms with Crippen molar-refractivity contribution < 1.29 is 14.5 Å². The molecule has 1 N–H and O–H groups in total. The van der Waals surface area contributed by atoms with Crippen LogP contribution in [0, 0.1) is 0 Å². The van der Waals surface area contributed by atoms with E-state index in [1.807, 2.05) is 18.2 Å². The summed E-state index contributed by atoms with van der Waals surface area (Å²) in [5, 5.41) is 0.788. The molecule has 27 heavy (non-hydrogen) atoms. The highest BCUT2D eigenvalue weighted by atomic mass is 35.5. The molecule has 2 aromatic rings. The number of halogens is 2. The van der Waals surface area contributed by atoms with Crippen LogP contribution in [0.25, 0.3) is 0 Å². The van der Waals surface area contributed by atoms with Crippen LogP contribution >= 0.6 is 23.2 Å². The van der Waals surface area contributed by atoms with E-state index in [0.717, 1.165) is 31.1 Å². The van der Waals surface area contributed by atoms with Crippen LogP contribution < -0.4 is 14.7 Å². The number of anilines is 2. The highest BCUT2D eigenvalue weighted by Gasteiger charge is 2.46. The standard InChI is InChI=1S/C20H19Cl2N3O2/c21-14-6-7-17(16(22)12-14)25-19(26)13-18(20(25)27)24-10-8-23(9-11-24)15-4-2-1-3-5-15/h1-7,12,18H,8-11,13H2/p+1/t18-/m0/s1. The first-order valence-electron chi connectivity index (χ1n) is 9.01. The van der Waals surface area contributed by atoms with Gasteiger partial charge >= 0.3 is 0 Å². The molecular formula is C20H20Cl2N3O2+. The Bertz CT molecular complexity index is 867. The summed E-state index contributed by atoms with van der Waals surface area (Å²) < 4.78 is 0. The van der Waals surface area contributed by atoms with E-state index in [1.165, 1.54) is 10.6 Å². The van der Waals surface area contributed by atoms with E-state index in [-0.39, 0.29) is 24.3 Å². The maximum absolute atomic E-state index is 13.0. The van der Waals surface area contributed by atoms with Crippen LogP contribution in [0.15, 0.2) is 48.5 Å². The van der Waals surface area contributed by atoms with Crippen LogP contribution in [-0.4, -0.2) is 44.0 Å². The maximum atomic E-state index is 13.0. The molecule has 140 valence electrons. The van der Waals surface area contributed by atoms with E-state index in [9.17, 15) is 9.59 Å². The number of nitrogens with one attached hydrogen (secondary N) is 1. The fourth-order valence-electron chi connectivity index (χ4n) is 3.91. The number of rotatable bonds is 3. The first kappa shape index (κ1) is 18.3. The highest BCUT2D eigenvalue weighted by molar-refractivity contribution is 6.38. The molecular weight excluding hydrogens is 385 g/mol. The second-order valence-corrected chi connectivity index (χ2v) is 7.74. The quantitative estimate of drug-likeness (QED) is 0.796. The van der Waals surface area contributed by atoms with E-state index in [0.29, 0.717) is 15.7 Å². The van der Waals surface area contributed by atoms with Gasteiger partial charge in [0, 0.05) is 10.7 Å². The van der Waals surface area contributed by atoms with E-state index >= 15 is 0 Å². The third-order valence-corrected chi connectivity index (χ3v) is 5.85. The van der Waals surface area contributed by atoms with Crippen molar-refractivity contribution in [1.82, 2.24) is 0 Å². The number of hydrogen-bond donors (Lipinski definition) is 1. The Morgan fingerprint density at radius 3 is 2.33 bits per heavy atom. The van der Waals surface area contributed by atoms with E-state index in [2.05, 4.69) is 17.0 Å². The molecule has 4 rings (SSSR count). The van der Waals surface area contributed by atoms with Crippen LogP contribution in [0.5, 0.6) is 0 Å². The van der Waals surface area contributed by atoms with Crippen LogP contribution in [0.2, 0.25) is 10.0 Å². The summed E-state index contributed by atoms with van der Waals surface area (Å²) in [4.78, 5) is 30.2. The summed E-state index contributed by atoms with van der Waals surface area (Å²) in [5.74, 6) is -0.375. The number of carbonyl (C=O) groups excluding carboxylic acids is 2. The van der Waals surface area contributed by atoms with Crippen molar-refractivity contribution in [3.8, 4) is 0 Å². The Morgan fingerprint density at radius 2 is 1.67 bits per heavy atom. The molecule has 0 aliphatic carbocycles. The number of piperazine rings is 1. The molecule has 1 atom stereocenters. The lowest BCUT2D eigenvalue weighted by molar-refractivity contribution is -0.915. The molecule has 0 radical (unpaired) electrons. The largest absolute Gasteiger partial charge is 0.360 e. The zero-order valence-electron chi connectivity index (χ0n) is 14.7. The van der Waals surface area contributed by atoms with E-state index in [4.69, 9.17) is 23.2 Å². The van der Waals surface area contributed by atoms with Crippen molar-refractivity contribution in [1.29, 1.82) is 0 Å². The van der Waals surface area contributed by atoms with Gasteiger partial charge in [-0.15, -0.1) is 0 Å². The summed E-state index contributed by atoms with van der Waals surface area (Å²) in [7, 11) is 0.